The van der Waals surface area contributed by atoms with Crippen LogP contribution in [0.3, 0.4) is 0 Å². The number of likely N-dealkylation sites (tertiary alicyclic amines) is 2. The van der Waals surface area contributed by atoms with Gasteiger partial charge in [0.2, 0.25) is 11.8 Å². The second-order valence-electron chi connectivity index (χ2n) is 6.81. The summed E-state index contributed by atoms with van der Waals surface area (Å²) in [6.45, 7) is 2.77. The smallest absolute Gasteiger partial charge is 0.227 e. The van der Waals surface area contributed by atoms with Gasteiger partial charge < -0.3 is 14.5 Å². The number of hydrogen-bond acceptors (Lipinski definition) is 3. The summed E-state index contributed by atoms with van der Waals surface area (Å²) < 4.78 is 5.97. The third kappa shape index (κ3) is 4.15. The van der Waals surface area contributed by atoms with Gasteiger partial charge in [0, 0.05) is 33.1 Å². The maximum Gasteiger partial charge on any atom is 0.227 e. The zero-order chi connectivity index (χ0) is 16.9. The Labute approximate surface area is 143 Å². The highest BCUT2D eigenvalue weighted by Gasteiger charge is 2.35. The second-order valence-corrected chi connectivity index (χ2v) is 6.81. The summed E-state index contributed by atoms with van der Waals surface area (Å²) in [4.78, 5) is 27.7. The number of carbonyl (C=O) groups excluding carboxylic acids is 2. The number of hydrogen-bond donors (Lipinski definition) is 0. The monoisotopic (exact) mass is 330 g/mol. The molecule has 0 aromatic heterocycles. The molecule has 24 heavy (non-hydrogen) atoms. The van der Waals surface area contributed by atoms with Gasteiger partial charge in [-0.25, -0.2) is 0 Å². The molecule has 130 valence electrons. The number of benzene rings is 1. The third-order valence-corrected chi connectivity index (χ3v) is 5.03. The van der Waals surface area contributed by atoms with Gasteiger partial charge in [-0.3, -0.25) is 9.59 Å². The lowest BCUT2D eigenvalue weighted by atomic mass is 10.0. The molecule has 0 spiro atoms. The third-order valence-electron chi connectivity index (χ3n) is 5.03. The standard InChI is InChI=1S/C19H26N2O3/c1-20-14-16(13-18(20)22)19(23)21-10-7-17(8-11-21)24-12-9-15-5-3-2-4-6-15/h2-6,16-17H,7-14H2,1H3. The van der Waals surface area contributed by atoms with Crippen molar-refractivity contribution >= 4 is 11.8 Å². The van der Waals surface area contributed by atoms with Crippen LogP contribution in [0.5, 0.6) is 0 Å². The van der Waals surface area contributed by atoms with Crippen molar-refractivity contribution < 1.29 is 14.3 Å². The Morgan fingerprint density at radius 2 is 1.92 bits per heavy atom. The molecular formula is C19H26N2O3. The highest BCUT2D eigenvalue weighted by molar-refractivity contribution is 5.89. The quantitative estimate of drug-likeness (QED) is 0.826. The topological polar surface area (TPSA) is 49.9 Å². The lowest BCUT2D eigenvalue weighted by Gasteiger charge is -2.33. The molecule has 0 N–H and O–H groups in total. The van der Waals surface area contributed by atoms with Crippen LogP contribution in [0.4, 0.5) is 0 Å². The maximum atomic E-state index is 12.5. The number of ether oxygens (including phenoxy) is 1. The molecule has 0 saturated carbocycles. The van der Waals surface area contributed by atoms with Crippen molar-refractivity contribution in [1.29, 1.82) is 0 Å². The molecule has 0 aliphatic carbocycles. The van der Waals surface area contributed by atoms with Crippen LogP contribution in [0.25, 0.3) is 0 Å². The lowest BCUT2D eigenvalue weighted by molar-refractivity contribution is -0.138. The Hall–Kier alpha value is -1.88. The summed E-state index contributed by atoms with van der Waals surface area (Å²) >= 11 is 0. The fraction of sp³-hybridized carbons (Fsp3) is 0.579. The zero-order valence-corrected chi connectivity index (χ0v) is 14.3. The van der Waals surface area contributed by atoms with Crippen molar-refractivity contribution in [3.8, 4) is 0 Å². The molecule has 1 atom stereocenters. The minimum Gasteiger partial charge on any atom is -0.378 e. The van der Waals surface area contributed by atoms with Crippen LogP contribution in [0.1, 0.15) is 24.8 Å². The summed E-state index contributed by atoms with van der Waals surface area (Å²) in [6, 6.07) is 10.3. The molecule has 1 aromatic rings. The van der Waals surface area contributed by atoms with Gasteiger partial charge >= 0.3 is 0 Å². The Balaban J connectivity index is 1.38. The number of carbonyl (C=O) groups is 2. The van der Waals surface area contributed by atoms with Gasteiger partial charge in [0.15, 0.2) is 0 Å². The van der Waals surface area contributed by atoms with E-state index < -0.39 is 0 Å². The fourth-order valence-corrected chi connectivity index (χ4v) is 3.52. The summed E-state index contributed by atoms with van der Waals surface area (Å²) in [6.07, 6.45) is 3.30. The van der Waals surface area contributed by atoms with E-state index in [0.717, 1.165) is 39.0 Å². The van der Waals surface area contributed by atoms with Crippen LogP contribution in [0, 0.1) is 5.92 Å². The van der Waals surface area contributed by atoms with Crippen LogP contribution in [0.2, 0.25) is 0 Å². The number of piperidine rings is 1. The van der Waals surface area contributed by atoms with Gasteiger partial charge in [-0.15, -0.1) is 0 Å². The first-order valence-electron chi connectivity index (χ1n) is 8.82. The second kappa shape index (κ2) is 7.79. The molecule has 2 fully saturated rings. The molecule has 1 unspecified atom stereocenters. The van der Waals surface area contributed by atoms with E-state index in [4.69, 9.17) is 4.74 Å². The highest BCUT2D eigenvalue weighted by atomic mass is 16.5. The zero-order valence-electron chi connectivity index (χ0n) is 14.3. The molecule has 0 bridgehead atoms. The summed E-state index contributed by atoms with van der Waals surface area (Å²) in [5.41, 5.74) is 1.29. The van der Waals surface area contributed by atoms with E-state index in [-0.39, 0.29) is 23.8 Å². The van der Waals surface area contributed by atoms with Gasteiger partial charge in [-0.05, 0) is 24.8 Å². The molecule has 0 radical (unpaired) electrons. The molecule has 2 amide bonds. The van der Waals surface area contributed by atoms with Crippen molar-refractivity contribution in [2.75, 3.05) is 33.3 Å². The minimum atomic E-state index is -0.155. The van der Waals surface area contributed by atoms with Crippen LogP contribution >= 0.6 is 0 Å². The molecule has 2 aliphatic rings. The van der Waals surface area contributed by atoms with Crippen molar-refractivity contribution in [3.63, 3.8) is 0 Å². The fourth-order valence-electron chi connectivity index (χ4n) is 3.52. The van der Waals surface area contributed by atoms with Crippen LogP contribution < -0.4 is 0 Å². The molecule has 5 nitrogen and oxygen atoms in total. The number of rotatable bonds is 5. The van der Waals surface area contributed by atoms with Crippen LogP contribution in [0.15, 0.2) is 30.3 Å². The highest BCUT2D eigenvalue weighted by Crippen LogP contribution is 2.22. The number of nitrogens with zero attached hydrogens (tertiary/aromatic N) is 2. The molecule has 3 rings (SSSR count). The average molecular weight is 330 g/mol. The van der Waals surface area contributed by atoms with E-state index >= 15 is 0 Å². The van der Waals surface area contributed by atoms with E-state index in [2.05, 4.69) is 12.1 Å². The Morgan fingerprint density at radius 3 is 2.54 bits per heavy atom. The molecule has 2 saturated heterocycles. The first kappa shape index (κ1) is 17.0. The molecule has 2 aliphatic heterocycles. The van der Waals surface area contributed by atoms with Gasteiger partial charge in [0.05, 0.1) is 18.6 Å². The van der Waals surface area contributed by atoms with E-state index in [0.29, 0.717) is 13.0 Å². The lowest BCUT2D eigenvalue weighted by Crippen LogP contribution is -2.44. The predicted octanol–water partition coefficient (Wildman–Crippen LogP) is 1.71. The van der Waals surface area contributed by atoms with Gasteiger partial charge in [-0.2, -0.15) is 0 Å². The normalized spacial score (nSPS) is 22.2. The van der Waals surface area contributed by atoms with E-state index in [1.807, 2.05) is 23.1 Å². The van der Waals surface area contributed by atoms with E-state index in [9.17, 15) is 9.59 Å². The minimum absolute atomic E-state index is 0.0764. The van der Waals surface area contributed by atoms with Crippen molar-refractivity contribution in [2.24, 2.45) is 5.92 Å². The molecule has 5 heteroatoms. The van der Waals surface area contributed by atoms with Crippen molar-refractivity contribution in [2.45, 2.75) is 31.8 Å². The first-order valence-corrected chi connectivity index (χ1v) is 8.82. The average Bonchev–Trinajstić information content (AvgIpc) is 2.95. The van der Waals surface area contributed by atoms with Gasteiger partial charge in [0.1, 0.15) is 0 Å². The largest absolute Gasteiger partial charge is 0.378 e. The molecular weight excluding hydrogens is 304 g/mol. The van der Waals surface area contributed by atoms with E-state index in [1.165, 1.54) is 5.56 Å². The SMILES string of the molecule is CN1CC(C(=O)N2CCC(OCCc3ccccc3)CC2)CC1=O. The van der Waals surface area contributed by atoms with Gasteiger partial charge in [-0.1, -0.05) is 30.3 Å². The summed E-state index contributed by atoms with van der Waals surface area (Å²) in [5, 5.41) is 0. The van der Waals surface area contributed by atoms with Crippen molar-refractivity contribution in [3.05, 3.63) is 35.9 Å². The van der Waals surface area contributed by atoms with Crippen LogP contribution in [-0.4, -0.2) is 61.0 Å². The molecule has 2 heterocycles. The Morgan fingerprint density at radius 1 is 1.21 bits per heavy atom. The van der Waals surface area contributed by atoms with Crippen LogP contribution in [-0.2, 0) is 20.7 Å². The Bertz CT molecular complexity index is 567. The van der Waals surface area contributed by atoms with Gasteiger partial charge in [0.25, 0.3) is 0 Å². The summed E-state index contributed by atoms with van der Waals surface area (Å²) in [7, 11) is 1.77. The summed E-state index contributed by atoms with van der Waals surface area (Å²) in [5.74, 6) is 0.0564. The number of amides is 2. The Kier molecular flexibility index (Phi) is 5.51. The predicted molar refractivity (Wildman–Crippen MR) is 91.4 cm³/mol. The maximum absolute atomic E-state index is 12.5. The van der Waals surface area contributed by atoms with E-state index in [1.54, 1.807) is 11.9 Å². The first-order chi connectivity index (χ1) is 11.6. The molecule has 1 aromatic carbocycles. The van der Waals surface area contributed by atoms with Crippen molar-refractivity contribution in [1.82, 2.24) is 9.80 Å².